The lowest BCUT2D eigenvalue weighted by Gasteiger charge is -2.34. The third-order valence-electron chi connectivity index (χ3n) is 5.37. The van der Waals surface area contributed by atoms with Gasteiger partial charge < -0.3 is 14.4 Å². The Labute approximate surface area is 177 Å². The standard InChI is InChI=1S/C20H28N4O5S/c1-6-24-15(3)19(14(2)21-24)30(26,27)23-11-9-22(10-12-23)20(25)16-7-8-17(28-4)18(13-16)29-5/h7-8,13H,6,9-12H2,1-5H3. The van der Waals surface area contributed by atoms with Crippen molar-refractivity contribution in [3.8, 4) is 11.5 Å². The van der Waals surface area contributed by atoms with Gasteiger partial charge in [-0.1, -0.05) is 0 Å². The largest absolute Gasteiger partial charge is 0.493 e. The topological polar surface area (TPSA) is 94.0 Å². The minimum atomic E-state index is -3.67. The van der Waals surface area contributed by atoms with Crippen LogP contribution in [0.1, 0.15) is 28.7 Å². The number of hydrogen-bond donors (Lipinski definition) is 0. The summed E-state index contributed by atoms with van der Waals surface area (Å²) >= 11 is 0. The van der Waals surface area contributed by atoms with Crippen LogP contribution in [0.5, 0.6) is 11.5 Å². The molecule has 0 radical (unpaired) electrons. The van der Waals surface area contributed by atoms with E-state index in [1.54, 1.807) is 41.6 Å². The van der Waals surface area contributed by atoms with E-state index in [2.05, 4.69) is 5.10 Å². The molecule has 2 heterocycles. The molecule has 1 saturated heterocycles. The number of ether oxygens (including phenoxy) is 2. The smallest absolute Gasteiger partial charge is 0.254 e. The van der Waals surface area contributed by atoms with Crippen LogP contribution in [0.25, 0.3) is 0 Å². The van der Waals surface area contributed by atoms with E-state index in [1.807, 2.05) is 6.92 Å². The second-order valence-corrected chi connectivity index (χ2v) is 8.96. The van der Waals surface area contributed by atoms with Crippen molar-refractivity contribution in [2.45, 2.75) is 32.2 Å². The monoisotopic (exact) mass is 436 g/mol. The molecule has 1 fully saturated rings. The molecule has 0 bridgehead atoms. The van der Waals surface area contributed by atoms with Crippen molar-refractivity contribution in [2.24, 2.45) is 0 Å². The van der Waals surface area contributed by atoms with Gasteiger partial charge in [0.2, 0.25) is 10.0 Å². The zero-order chi connectivity index (χ0) is 22.1. The molecule has 0 spiro atoms. The molecule has 0 saturated carbocycles. The number of aryl methyl sites for hydroxylation is 2. The van der Waals surface area contributed by atoms with E-state index in [0.29, 0.717) is 48.1 Å². The van der Waals surface area contributed by atoms with Gasteiger partial charge in [-0.3, -0.25) is 9.48 Å². The fourth-order valence-corrected chi connectivity index (χ4v) is 5.57. The lowest BCUT2D eigenvalue weighted by atomic mass is 10.1. The Hall–Kier alpha value is -2.59. The van der Waals surface area contributed by atoms with Gasteiger partial charge in [0.25, 0.3) is 5.91 Å². The molecular weight excluding hydrogens is 408 g/mol. The Balaban J connectivity index is 1.74. The summed E-state index contributed by atoms with van der Waals surface area (Å²) in [6.07, 6.45) is 0. The average Bonchev–Trinajstić information content (AvgIpc) is 3.06. The first-order valence-electron chi connectivity index (χ1n) is 9.80. The van der Waals surface area contributed by atoms with Crippen LogP contribution in [0, 0.1) is 13.8 Å². The number of piperazine rings is 1. The van der Waals surface area contributed by atoms with Crippen LogP contribution in [0.15, 0.2) is 23.1 Å². The van der Waals surface area contributed by atoms with Gasteiger partial charge in [0.1, 0.15) is 4.90 Å². The van der Waals surface area contributed by atoms with Crippen molar-refractivity contribution in [1.82, 2.24) is 19.0 Å². The zero-order valence-corrected chi connectivity index (χ0v) is 18.8. The molecule has 1 amide bonds. The Morgan fingerprint density at radius 1 is 1.07 bits per heavy atom. The molecule has 3 rings (SSSR count). The van der Waals surface area contributed by atoms with Crippen molar-refractivity contribution < 1.29 is 22.7 Å². The Morgan fingerprint density at radius 2 is 1.70 bits per heavy atom. The number of sulfonamides is 1. The van der Waals surface area contributed by atoms with Crippen molar-refractivity contribution in [3.05, 3.63) is 35.2 Å². The van der Waals surface area contributed by atoms with E-state index >= 15 is 0 Å². The van der Waals surface area contributed by atoms with Gasteiger partial charge in [0.15, 0.2) is 11.5 Å². The lowest BCUT2D eigenvalue weighted by Crippen LogP contribution is -2.50. The van der Waals surface area contributed by atoms with E-state index in [-0.39, 0.29) is 23.9 Å². The van der Waals surface area contributed by atoms with Crippen molar-refractivity contribution in [3.63, 3.8) is 0 Å². The molecular formula is C20H28N4O5S. The molecule has 30 heavy (non-hydrogen) atoms. The average molecular weight is 437 g/mol. The molecule has 0 aliphatic carbocycles. The molecule has 2 aromatic rings. The van der Waals surface area contributed by atoms with Gasteiger partial charge in [-0.25, -0.2) is 8.42 Å². The maximum absolute atomic E-state index is 13.2. The fraction of sp³-hybridized carbons (Fsp3) is 0.500. The molecule has 1 aromatic heterocycles. The normalized spacial score (nSPS) is 15.3. The molecule has 0 unspecified atom stereocenters. The lowest BCUT2D eigenvalue weighted by molar-refractivity contribution is 0.0697. The van der Waals surface area contributed by atoms with Gasteiger partial charge in [-0.15, -0.1) is 0 Å². The SMILES string of the molecule is CCn1nc(C)c(S(=O)(=O)N2CCN(C(=O)c3ccc(OC)c(OC)c3)CC2)c1C. The summed E-state index contributed by atoms with van der Waals surface area (Å²) in [5, 5.41) is 4.33. The van der Waals surface area contributed by atoms with Gasteiger partial charge in [-0.05, 0) is 39.0 Å². The van der Waals surface area contributed by atoms with Crippen molar-refractivity contribution in [2.75, 3.05) is 40.4 Å². The van der Waals surface area contributed by atoms with Gasteiger partial charge in [-0.2, -0.15) is 9.40 Å². The van der Waals surface area contributed by atoms with E-state index in [9.17, 15) is 13.2 Å². The van der Waals surface area contributed by atoms with E-state index in [0.717, 1.165) is 0 Å². The molecule has 10 heteroatoms. The van der Waals surface area contributed by atoms with E-state index < -0.39 is 10.0 Å². The number of amides is 1. The first-order chi connectivity index (χ1) is 14.2. The third kappa shape index (κ3) is 3.89. The van der Waals surface area contributed by atoms with Crippen LogP contribution in [-0.4, -0.2) is 73.7 Å². The van der Waals surface area contributed by atoms with Crippen LogP contribution in [0.2, 0.25) is 0 Å². The summed E-state index contributed by atoms with van der Waals surface area (Å²) < 4.78 is 40.0. The highest BCUT2D eigenvalue weighted by Gasteiger charge is 2.34. The maximum atomic E-state index is 13.2. The van der Waals surface area contributed by atoms with Crippen LogP contribution in [0.3, 0.4) is 0 Å². The summed E-state index contributed by atoms with van der Waals surface area (Å²) in [6, 6.07) is 5.00. The quantitative estimate of drug-likeness (QED) is 0.684. The molecule has 1 aliphatic heterocycles. The van der Waals surface area contributed by atoms with E-state index in [1.165, 1.54) is 18.5 Å². The maximum Gasteiger partial charge on any atom is 0.254 e. The molecule has 1 aromatic carbocycles. The molecule has 1 aliphatic rings. The number of carbonyl (C=O) groups is 1. The second-order valence-electron chi connectivity index (χ2n) is 7.08. The molecule has 164 valence electrons. The predicted molar refractivity (Wildman–Crippen MR) is 112 cm³/mol. The Bertz CT molecular complexity index is 1040. The number of aromatic nitrogens is 2. The summed E-state index contributed by atoms with van der Waals surface area (Å²) in [5.41, 5.74) is 1.61. The van der Waals surface area contributed by atoms with Crippen LogP contribution >= 0.6 is 0 Å². The first kappa shape index (κ1) is 22.1. The minimum Gasteiger partial charge on any atom is -0.493 e. The minimum absolute atomic E-state index is 0.167. The van der Waals surface area contributed by atoms with Crippen LogP contribution in [0.4, 0.5) is 0 Å². The summed E-state index contributed by atoms with van der Waals surface area (Å²) in [4.78, 5) is 14.8. The Kier molecular flexibility index (Phi) is 6.37. The van der Waals surface area contributed by atoms with Gasteiger partial charge in [0, 0.05) is 38.3 Å². The molecule has 9 nitrogen and oxygen atoms in total. The zero-order valence-electron chi connectivity index (χ0n) is 18.0. The fourth-order valence-electron chi connectivity index (χ4n) is 3.77. The highest BCUT2D eigenvalue weighted by atomic mass is 32.2. The number of benzene rings is 1. The van der Waals surface area contributed by atoms with Crippen molar-refractivity contribution >= 4 is 15.9 Å². The number of nitrogens with zero attached hydrogens (tertiary/aromatic N) is 4. The second kappa shape index (κ2) is 8.65. The van der Waals surface area contributed by atoms with E-state index in [4.69, 9.17) is 9.47 Å². The number of carbonyl (C=O) groups excluding carboxylic acids is 1. The highest BCUT2D eigenvalue weighted by molar-refractivity contribution is 7.89. The Morgan fingerprint density at radius 3 is 2.23 bits per heavy atom. The first-order valence-corrected chi connectivity index (χ1v) is 11.2. The summed E-state index contributed by atoms with van der Waals surface area (Å²) in [5.74, 6) is 0.853. The highest BCUT2D eigenvalue weighted by Crippen LogP contribution is 2.29. The van der Waals surface area contributed by atoms with Gasteiger partial charge >= 0.3 is 0 Å². The van der Waals surface area contributed by atoms with Crippen LogP contribution < -0.4 is 9.47 Å². The predicted octanol–water partition coefficient (Wildman–Crippen LogP) is 1.68. The van der Waals surface area contributed by atoms with Gasteiger partial charge in [0.05, 0.1) is 25.6 Å². The number of hydrogen-bond acceptors (Lipinski definition) is 6. The number of methoxy groups -OCH3 is 2. The molecule has 0 atom stereocenters. The molecule has 0 N–H and O–H groups in total. The number of rotatable bonds is 6. The van der Waals surface area contributed by atoms with Crippen molar-refractivity contribution in [1.29, 1.82) is 0 Å². The third-order valence-corrected chi connectivity index (χ3v) is 7.52. The summed E-state index contributed by atoms with van der Waals surface area (Å²) in [6.45, 7) is 7.11. The summed E-state index contributed by atoms with van der Waals surface area (Å²) in [7, 11) is -0.622. The van der Waals surface area contributed by atoms with Crippen LogP contribution in [-0.2, 0) is 16.6 Å².